The van der Waals surface area contributed by atoms with Gasteiger partial charge in [-0.05, 0) is 97.7 Å². The summed E-state index contributed by atoms with van der Waals surface area (Å²) < 4.78 is 0. The van der Waals surface area contributed by atoms with Crippen LogP contribution in [0.5, 0.6) is 0 Å². The topological polar surface area (TPSA) is 0 Å². The average molecular weight is 779 g/mol. The number of hydrogen-bond acceptors (Lipinski definition) is 0. The fourth-order valence-electron chi connectivity index (χ4n) is 10.1. The first kappa shape index (κ1) is 42.4. The van der Waals surface area contributed by atoms with E-state index in [1.54, 1.807) is 16.7 Å². The number of benzene rings is 6. The lowest BCUT2D eigenvalue weighted by Crippen LogP contribution is -2.18. The zero-order chi connectivity index (χ0) is 41.2. The summed E-state index contributed by atoms with van der Waals surface area (Å²) in [7, 11) is 0. The van der Waals surface area contributed by atoms with Crippen LogP contribution in [0.2, 0.25) is 0 Å². The first-order valence-electron chi connectivity index (χ1n) is 23.4. The number of rotatable bonds is 20. The summed E-state index contributed by atoms with van der Waals surface area (Å²) in [6, 6.07) is 53.4. The van der Waals surface area contributed by atoms with Crippen molar-refractivity contribution in [1.82, 2.24) is 0 Å². The maximum atomic E-state index is 2.61. The molecule has 59 heavy (non-hydrogen) atoms. The van der Waals surface area contributed by atoms with Crippen molar-refractivity contribution in [2.75, 3.05) is 0 Å². The van der Waals surface area contributed by atoms with Gasteiger partial charge in [0.05, 0.1) is 0 Å². The molecule has 0 heterocycles. The smallest absolute Gasteiger partial charge is 0.0146 e. The Bertz CT molecular complexity index is 2220. The molecule has 0 spiro atoms. The predicted octanol–water partition coefficient (Wildman–Crippen LogP) is 17.4. The maximum absolute atomic E-state index is 2.61. The van der Waals surface area contributed by atoms with Gasteiger partial charge in [0.1, 0.15) is 0 Å². The van der Waals surface area contributed by atoms with Gasteiger partial charge in [-0.25, -0.2) is 0 Å². The van der Waals surface area contributed by atoms with E-state index in [0.29, 0.717) is 5.92 Å². The summed E-state index contributed by atoms with van der Waals surface area (Å²) >= 11 is 0. The Hall–Kier alpha value is -4.68. The normalized spacial score (nSPS) is 13.7. The van der Waals surface area contributed by atoms with Crippen molar-refractivity contribution in [1.29, 1.82) is 0 Å². The predicted molar refractivity (Wildman–Crippen MR) is 257 cm³/mol. The summed E-state index contributed by atoms with van der Waals surface area (Å²) in [4.78, 5) is 0. The van der Waals surface area contributed by atoms with Gasteiger partial charge in [-0.2, -0.15) is 0 Å². The zero-order valence-electron chi connectivity index (χ0n) is 37.3. The van der Waals surface area contributed by atoms with Gasteiger partial charge in [0.15, 0.2) is 0 Å². The van der Waals surface area contributed by atoms with Crippen molar-refractivity contribution in [2.45, 2.75) is 148 Å². The van der Waals surface area contributed by atoms with Crippen LogP contribution in [0.25, 0.3) is 33.4 Å². The molecule has 306 valence electrons. The van der Waals surface area contributed by atoms with E-state index in [-0.39, 0.29) is 10.8 Å². The van der Waals surface area contributed by atoms with Gasteiger partial charge in [-0.15, -0.1) is 0 Å². The van der Waals surface area contributed by atoms with Crippen LogP contribution in [0.4, 0.5) is 0 Å². The van der Waals surface area contributed by atoms with E-state index in [2.05, 4.69) is 181 Å². The quantitative estimate of drug-likeness (QED) is 0.0677. The first-order chi connectivity index (χ1) is 28.8. The molecule has 6 aromatic carbocycles. The summed E-state index contributed by atoms with van der Waals surface area (Å²) in [6.45, 7) is 14.1. The summed E-state index contributed by atoms with van der Waals surface area (Å²) in [5.74, 6) is 0.445. The van der Waals surface area contributed by atoms with Crippen molar-refractivity contribution in [3.63, 3.8) is 0 Å². The van der Waals surface area contributed by atoms with Crippen LogP contribution >= 0.6 is 0 Å². The van der Waals surface area contributed by atoms with E-state index >= 15 is 0 Å². The van der Waals surface area contributed by atoms with Crippen molar-refractivity contribution in [2.24, 2.45) is 0 Å². The van der Waals surface area contributed by atoms with Crippen LogP contribution < -0.4 is 0 Å². The molecule has 0 fully saturated rings. The van der Waals surface area contributed by atoms with Crippen LogP contribution in [-0.2, 0) is 17.3 Å². The average Bonchev–Trinajstić information content (AvgIpc) is 3.59. The van der Waals surface area contributed by atoms with Gasteiger partial charge in [0.25, 0.3) is 0 Å². The Balaban J connectivity index is 1.38. The van der Waals surface area contributed by atoms with E-state index in [1.807, 2.05) is 0 Å². The van der Waals surface area contributed by atoms with Gasteiger partial charge in [-0.3, -0.25) is 0 Å². The highest BCUT2D eigenvalue weighted by Crippen LogP contribution is 2.54. The van der Waals surface area contributed by atoms with Crippen LogP contribution in [0.1, 0.15) is 170 Å². The summed E-state index contributed by atoms with van der Waals surface area (Å²) in [5.41, 5.74) is 18.4. The highest BCUT2D eigenvalue weighted by atomic mass is 14.4. The molecule has 7 rings (SSSR count). The lowest BCUT2D eigenvalue weighted by atomic mass is 9.76. The zero-order valence-corrected chi connectivity index (χ0v) is 37.3. The second-order valence-corrected chi connectivity index (χ2v) is 18.6. The third-order valence-electron chi connectivity index (χ3n) is 13.9. The standard InChI is InChI=1S/C59H70/c1-7-9-11-13-15-23-33-52-50-31-25-26-32-51(50)55-43-54(44-35-39-48(40-36-44)58(3,4)46-27-19-17-20-28-46)56(53(57(52)55)34-24-16-14-12-10-8-2)45-37-41-49(42-38-45)59(5,6)47-29-21-18-22-30-47/h17-22,25-32,35-43,52H,7-16,23-24,33-34H2,1-6H3. The highest BCUT2D eigenvalue weighted by molar-refractivity contribution is 5.94. The van der Waals surface area contributed by atoms with Crippen LogP contribution in [0.15, 0.2) is 140 Å². The van der Waals surface area contributed by atoms with Gasteiger partial charge in [-0.1, -0.05) is 246 Å². The molecule has 6 aromatic rings. The molecule has 0 heteroatoms. The molecule has 1 aliphatic rings. The van der Waals surface area contributed by atoms with Gasteiger partial charge >= 0.3 is 0 Å². The monoisotopic (exact) mass is 779 g/mol. The Kier molecular flexibility index (Phi) is 14.1. The lowest BCUT2D eigenvalue weighted by molar-refractivity contribution is 0.568. The molecular weight excluding hydrogens is 709 g/mol. The Labute approximate surface area is 358 Å². The Morgan fingerprint density at radius 2 is 0.864 bits per heavy atom. The third-order valence-corrected chi connectivity index (χ3v) is 13.9. The van der Waals surface area contributed by atoms with Crippen molar-refractivity contribution in [3.05, 3.63) is 178 Å². The molecule has 1 unspecified atom stereocenters. The van der Waals surface area contributed by atoms with E-state index in [4.69, 9.17) is 0 Å². The molecule has 1 aliphatic carbocycles. The molecule has 0 saturated carbocycles. The van der Waals surface area contributed by atoms with E-state index in [1.165, 1.54) is 139 Å². The molecule has 1 atom stereocenters. The van der Waals surface area contributed by atoms with Crippen LogP contribution in [-0.4, -0.2) is 0 Å². The van der Waals surface area contributed by atoms with Crippen LogP contribution in [0, 0.1) is 0 Å². The fraction of sp³-hybridized carbons (Fsp3) is 0.390. The molecule has 0 saturated heterocycles. The van der Waals surface area contributed by atoms with Gasteiger partial charge in [0, 0.05) is 16.7 Å². The highest BCUT2D eigenvalue weighted by Gasteiger charge is 2.34. The van der Waals surface area contributed by atoms with Crippen LogP contribution in [0.3, 0.4) is 0 Å². The minimum Gasteiger partial charge on any atom is -0.0654 e. The minimum atomic E-state index is -0.0901. The third kappa shape index (κ3) is 9.39. The molecule has 0 N–H and O–H groups in total. The molecule has 0 radical (unpaired) electrons. The fourth-order valence-corrected chi connectivity index (χ4v) is 10.1. The van der Waals surface area contributed by atoms with E-state index in [9.17, 15) is 0 Å². The molecular formula is C59H70. The summed E-state index contributed by atoms with van der Waals surface area (Å²) in [5, 5.41) is 0. The van der Waals surface area contributed by atoms with Crippen molar-refractivity contribution in [3.8, 4) is 33.4 Å². The maximum Gasteiger partial charge on any atom is 0.0146 e. The second-order valence-electron chi connectivity index (χ2n) is 18.6. The van der Waals surface area contributed by atoms with E-state index < -0.39 is 0 Å². The number of unbranched alkanes of at least 4 members (excludes halogenated alkanes) is 10. The van der Waals surface area contributed by atoms with Crippen molar-refractivity contribution < 1.29 is 0 Å². The lowest BCUT2D eigenvalue weighted by Gasteiger charge is -2.28. The Morgan fingerprint density at radius 3 is 1.42 bits per heavy atom. The number of hydrogen-bond donors (Lipinski definition) is 0. The minimum absolute atomic E-state index is 0.0897. The summed E-state index contributed by atoms with van der Waals surface area (Å²) in [6.07, 6.45) is 18.2. The largest absolute Gasteiger partial charge is 0.0654 e. The van der Waals surface area contributed by atoms with E-state index in [0.717, 1.165) is 6.42 Å². The van der Waals surface area contributed by atoms with Gasteiger partial charge in [0.2, 0.25) is 0 Å². The van der Waals surface area contributed by atoms with Gasteiger partial charge < -0.3 is 0 Å². The Morgan fingerprint density at radius 1 is 0.407 bits per heavy atom. The molecule has 0 nitrogen and oxygen atoms in total. The molecule has 0 aromatic heterocycles. The second kappa shape index (κ2) is 19.6. The first-order valence-corrected chi connectivity index (χ1v) is 23.4. The SMILES string of the molecule is CCCCCCCCc1c(-c2ccc(C(C)(C)c3ccccc3)cc2)c(-c2ccc(C(C)(C)c3ccccc3)cc2)cc2c1C(CCCCCCCC)c1ccccc1-2. The molecule has 0 bridgehead atoms. The molecule has 0 amide bonds. The number of fused-ring (bicyclic) bond motifs is 3. The van der Waals surface area contributed by atoms with Crippen molar-refractivity contribution >= 4 is 0 Å². The molecule has 0 aliphatic heterocycles.